The average molecular weight is 493 g/mol. The topological polar surface area (TPSA) is 40.8 Å². The fraction of sp³-hybridized carbons (Fsp3) is 0.375. The molecule has 0 spiro atoms. The normalized spacial score (nSPS) is 11.2. The molecule has 0 saturated heterocycles. The lowest BCUT2D eigenvalue weighted by atomic mass is 10.1. The van der Waals surface area contributed by atoms with Crippen LogP contribution in [-0.4, -0.2) is 13.4 Å². The first kappa shape index (κ1) is 30.6. The Kier molecular flexibility index (Phi) is 14.5. The van der Waals surface area contributed by atoms with Gasteiger partial charge >= 0.3 is 0 Å². The molecule has 0 atom stereocenters. The number of hydrogen-bond donors (Lipinski definition) is 0. The summed E-state index contributed by atoms with van der Waals surface area (Å²) in [5, 5.41) is 1.18. The number of aryl methyl sites for hydroxylation is 3. The van der Waals surface area contributed by atoms with Crippen molar-refractivity contribution >= 4 is 11.0 Å². The van der Waals surface area contributed by atoms with Gasteiger partial charge < -0.3 is 18.6 Å². The van der Waals surface area contributed by atoms with E-state index in [1.807, 2.05) is 84.9 Å². The first-order valence-corrected chi connectivity index (χ1v) is 13.1. The van der Waals surface area contributed by atoms with Crippen LogP contribution in [0.5, 0.6) is 17.2 Å². The van der Waals surface area contributed by atoms with Crippen LogP contribution in [0.25, 0.3) is 11.0 Å². The molecule has 0 aliphatic carbocycles. The maximum absolute atomic E-state index is 5.35. The third-order valence-electron chi connectivity index (χ3n) is 4.98. The van der Waals surface area contributed by atoms with E-state index in [4.69, 9.17) is 18.6 Å². The van der Waals surface area contributed by atoms with Crippen molar-refractivity contribution in [1.82, 2.24) is 0 Å². The molecule has 196 valence electrons. The Balaban J connectivity index is 0.000000244. The van der Waals surface area contributed by atoms with E-state index in [9.17, 15) is 0 Å². The second-order valence-electron chi connectivity index (χ2n) is 7.53. The van der Waals surface area contributed by atoms with E-state index in [1.54, 1.807) is 6.26 Å². The average Bonchev–Trinajstić information content (AvgIpc) is 3.68. The Labute approximate surface area is 218 Å². The standard InChI is InChI=1S/C9H10O.C9H8O.C8H8O2.3C2H6/c2*1-7-2-3-9-8(6-7)4-5-10-9;1-6-2-3-7-8(4-6)10-5-9-7;3*1-2/h2-3,6H,4-5H2,1H3;2-6H,1H3;2-4H,5H2,1H3;3*1-2H3. The van der Waals surface area contributed by atoms with Gasteiger partial charge in [-0.25, -0.2) is 0 Å². The Morgan fingerprint density at radius 2 is 1.14 bits per heavy atom. The minimum atomic E-state index is 0.360. The molecule has 3 heterocycles. The number of rotatable bonds is 0. The second-order valence-corrected chi connectivity index (χ2v) is 7.53. The molecule has 0 N–H and O–H groups in total. The summed E-state index contributed by atoms with van der Waals surface area (Å²) in [4.78, 5) is 0. The monoisotopic (exact) mass is 492 g/mol. The molecular weight excluding hydrogens is 448 g/mol. The van der Waals surface area contributed by atoms with Crippen molar-refractivity contribution in [1.29, 1.82) is 0 Å². The molecule has 0 saturated carbocycles. The van der Waals surface area contributed by atoms with Crippen molar-refractivity contribution in [3.63, 3.8) is 0 Å². The van der Waals surface area contributed by atoms with Gasteiger partial charge in [-0.1, -0.05) is 76.9 Å². The minimum absolute atomic E-state index is 0.360. The van der Waals surface area contributed by atoms with E-state index in [0.717, 1.165) is 35.9 Å². The molecule has 4 aromatic rings. The quantitative estimate of drug-likeness (QED) is 0.245. The predicted octanol–water partition coefficient (Wildman–Crippen LogP) is 9.47. The lowest BCUT2D eigenvalue weighted by Gasteiger charge is -1.97. The van der Waals surface area contributed by atoms with E-state index in [1.165, 1.54) is 27.6 Å². The van der Waals surface area contributed by atoms with Gasteiger partial charge in [0.25, 0.3) is 0 Å². The van der Waals surface area contributed by atoms with Crippen LogP contribution in [0.1, 0.15) is 63.8 Å². The van der Waals surface area contributed by atoms with Gasteiger partial charge in [-0.05, 0) is 68.3 Å². The molecule has 3 aromatic carbocycles. The fourth-order valence-corrected chi connectivity index (χ4v) is 3.41. The lowest BCUT2D eigenvalue weighted by Crippen LogP contribution is -1.92. The molecule has 0 bridgehead atoms. The lowest BCUT2D eigenvalue weighted by molar-refractivity contribution is 0.174. The van der Waals surface area contributed by atoms with Crippen LogP contribution in [-0.2, 0) is 6.42 Å². The van der Waals surface area contributed by atoms with Gasteiger partial charge in [0.1, 0.15) is 11.3 Å². The van der Waals surface area contributed by atoms with Crippen LogP contribution in [0.2, 0.25) is 0 Å². The summed E-state index contributed by atoms with van der Waals surface area (Å²) in [5.41, 5.74) is 6.12. The second kappa shape index (κ2) is 17.1. The molecule has 0 radical (unpaired) electrons. The summed E-state index contributed by atoms with van der Waals surface area (Å²) in [5.74, 6) is 2.79. The molecule has 2 aliphatic rings. The molecule has 4 nitrogen and oxygen atoms in total. The summed E-state index contributed by atoms with van der Waals surface area (Å²) in [7, 11) is 0. The van der Waals surface area contributed by atoms with E-state index >= 15 is 0 Å². The zero-order valence-corrected chi connectivity index (χ0v) is 23.6. The van der Waals surface area contributed by atoms with Gasteiger partial charge in [0.2, 0.25) is 6.79 Å². The van der Waals surface area contributed by atoms with Crippen LogP contribution in [0.15, 0.2) is 71.3 Å². The zero-order valence-electron chi connectivity index (χ0n) is 23.6. The third kappa shape index (κ3) is 9.33. The fourth-order valence-electron chi connectivity index (χ4n) is 3.41. The number of fused-ring (bicyclic) bond motifs is 3. The maximum Gasteiger partial charge on any atom is 0.231 e. The maximum atomic E-state index is 5.35. The largest absolute Gasteiger partial charge is 0.493 e. The van der Waals surface area contributed by atoms with E-state index in [-0.39, 0.29) is 0 Å². The van der Waals surface area contributed by atoms with Crippen LogP contribution in [0, 0.1) is 20.8 Å². The number of hydrogen-bond acceptors (Lipinski definition) is 4. The van der Waals surface area contributed by atoms with Gasteiger partial charge in [-0.2, -0.15) is 0 Å². The SMILES string of the molecule is CC.CC.CC.Cc1ccc2c(c1)CCO2.Cc1ccc2c(c1)OCO2.Cc1ccc2occc2c1. The van der Waals surface area contributed by atoms with Crippen molar-refractivity contribution in [3.05, 3.63) is 89.2 Å². The number of ether oxygens (including phenoxy) is 3. The molecular formula is C32H44O4. The highest BCUT2D eigenvalue weighted by molar-refractivity contribution is 5.77. The summed E-state index contributed by atoms with van der Waals surface area (Å²) in [6.07, 6.45) is 2.79. The molecule has 2 aliphatic heterocycles. The van der Waals surface area contributed by atoms with Crippen LogP contribution >= 0.6 is 0 Å². The van der Waals surface area contributed by atoms with Gasteiger partial charge in [-0.15, -0.1) is 0 Å². The Morgan fingerprint density at radius 1 is 0.556 bits per heavy atom. The van der Waals surface area contributed by atoms with Gasteiger partial charge in [-0.3, -0.25) is 0 Å². The molecule has 0 fully saturated rings. The van der Waals surface area contributed by atoms with Crippen molar-refractivity contribution in [2.24, 2.45) is 0 Å². The smallest absolute Gasteiger partial charge is 0.231 e. The Morgan fingerprint density at radius 3 is 1.86 bits per heavy atom. The first-order valence-electron chi connectivity index (χ1n) is 13.1. The predicted molar refractivity (Wildman–Crippen MR) is 153 cm³/mol. The van der Waals surface area contributed by atoms with E-state index in [2.05, 4.69) is 38.1 Å². The zero-order chi connectivity index (χ0) is 26.9. The van der Waals surface area contributed by atoms with Crippen LogP contribution in [0.4, 0.5) is 0 Å². The Hall–Kier alpha value is -3.40. The molecule has 6 rings (SSSR count). The van der Waals surface area contributed by atoms with Crippen molar-refractivity contribution in [2.45, 2.75) is 68.7 Å². The summed E-state index contributed by atoms with van der Waals surface area (Å²) < 4.78 is 20.8. The van der Waals surface area contributed by atoms with Gasteiger partial charge in [0.15, 0.2) is 11.5 Å². The first-order chi connectivity index (χ1) is 17.6. The number of furan rings is 1. The summed E-state index contributed by atoms with van der Waals surface area (Å²) in [6.45, 7) is 19.4. The summed E-state index contributed by atoms with van der Waals surface area (Å²) >= 11 is 0. The molecule has 36 heavy (non-hydrogen) atoms. The summed E-state index contributed by atoms with van der Waals surface area (Å²) in [6, 6.07) is 20.4. The van der Waals surface area contributed by atoms with E-state index in [0.29, 0.717) is 6.79 Å². The highest BCUT2D eigenvalue weighted by Gasteiger charge is 2.11. The highest BCUT2D eigenvalue weighted by atomic mass is 16.7. The molecule has 1 aromatic heterocycles. The highest BCUT2D eigenvalue weighted by Crippen LogP contribution is 2.32. The Bertz CT molecular complexity index is 1090. The van der Waals surface area contributed by atoms with Gasteiger partial charge in [0.05, 0.1) is 12.9 Å². The van der Waals surface area contributed by atoms with Gasteiger partial charge in [0, 0.05) is 11.8 Å². The molecule has 0 amide bonds. The molecule has 4 heteroatoms. The molecule has 0 unspecified atom stereocenters. The minimum Gasteiger partial charge on any atom is -0.493 e. The third-order valence-corrected chi connectivity index (χ3v) is 4.98. The van der Waals surface area contributed by atoms with Crippen molar-refractivity contribution in [3.8, 4) is 17.2 Å². The van der Waals surface area contributed by atoms with Crippen LogP contribution in [0.3, 0.4) is 0 Å². The number of benzene rings is 3. The van der Waals surface area contributed by atoms with Crippen LogP contribution < -0.4 is 14.2 Å². The van der Waals surface area contributed by atoms with E-state index < -0.39 is 0 Å². The van der Waals surface area contributed by atoms with Crippen molar-refractivity contribution < 1.29 is 18.6 Å². The van der Waals surface area contributed by atoms with Crippen molar-refractivity contribution in [2.75, 3.05) is 13.4 Å².